The molecule has 22 heavy (non-hydrogen) atoms. The van der Waals surface area contributed by atoms with Gasteiger partial charge in [-0.15, -0.1) is 0 Å². The minimum atomic E-state index is -3.80. The number of furan rings is 1. The molecular weight excluding hydrogens is 304 g/mol. The van der Waals surface area contributed by atoms with Crippen LogP contribution in [-0.2, 0) is 22.1 Å². The number of hydrogen-bond acceptors (Lipinski definition) is 5. The molecule has 7 heteroatoms. The van der Waals surface area contributed by atoms with Gasteiger partial charge in [0.1, 0.15) is 5.75 Å². The van der Waals surface area contributed by atoms with Gasteiger partial charge in [0.2, 0.25) is 5.09 Å². The second-order valence-electron chi connectivity index (χ2n) is 5.60. The van der Waals surface area contributed by atoms with Crippen molar-refractivity contribution in [3.63, 3.8) is 0 Å². The third-order valence-corrected chi connectivity index (χ3v) is 4.71. The average molecular weight is 322 g/mol. The fourth-order valence-corrected chi connectivity index (χ4v) is 3.12. The number of fused-ring (bicyclic) bond motifs is 1. The summed E-state index contributed by atoms with van der Waals surface area (Å²) < 4.78 is 33.1. The zero-order valence-corrected chi connectivity index (χ0v) is 13.0. The molecule has 3 N–H and O–H groups in total. The second kappa shape index (κ2) is 5.42. The lowest BCUT2D eigenvalue weighted by atomic mass is 9.86. The van der Waals surface area contributed by atoms with Crippen molar-refractivity contribution in [2.24, 2.45) is 5.14 Å². The minimum Gasteiger partial charge on any atom is -0.493 e. The van der Waals surface area contributed by atoms with Crippen LogP contribution in [0.3, 0.4) is 0 Å². The molecule has 1 aromatic carbocycles. The summed E-state index contributed by atoms with van der Waals surface area (Å²) in [5, 5.41) is 8.28. The first-order valence-electron chi connectivity index (χ1n) is 6.96. The molecule has 1 atom stereocenters. The second-order valence-corrected chi connectivity index (χ2v) is 7.09. The van der Waals surface area contributed by atoms with Crippen LogP contribution in [0.15, 0.2) is 46.1 Å². The van der Waals surface area contributed by atoms with Crippen molar-refractivity contribution in [3.8, 4) is 5.75 Å². The number of sulfonamides is 1. The van der Waals surface area contributed by atoms with Crippen LogP contribution in [0.1, 0.15) is 24.5 Å². The Morgan fingerprint density at radius 1 is 1.36 bits per heavy atom. The fraction of sp³-hybridized carbons (Fsp3) is 0.333. The van der Waals surface area contributed by atoms with Crippen LogP contribution in [0.5, 0.6) is 5.75 Å². The lowest BCUT2D eigenvalue weighted by molar-refractivity contribution is 0.195. The highest BCUT2D eigenvalue weighted by molar-refractivity contribution is 7.89. The Bertz CT molecular complexity index is 784. The number of hydrogen-bond donors (Lipinski definition) is 2. The van der Waals surface area contributed by atoms with Crippen molar-refractivity contribution in [1.29, 1.82) is 0 Å². The predicted molar refractivity (Wildman–Crippen MR) is 80.8 cm³/mol. The van der Waals surface area contributed by atoms with Gasteiger partial charge in [-0.3, -0.25) is 0 Å². The topological polar surface area (TPSA) is 94.6 Å². The minimum absolute atomic E-state index is 0.221. The Hall–Kier alpha value is -1.83. The number of nitrogens with one attached hydrogen (secondary N) is 1. The first-order chi connectivity index (χ1) is 10.4. The lowest BCUT2D eigenvalue weighted by Gasteiger charge is -2.36. The Labute approximate surface area is 129 Å². The molecule has 0 radical (unpaired) electrons. The van der Waals surface area contributed by atoms with Gasteiger partial charge in [0.05, 0.1) is 12.9 Å². The highest BCUT2D eigenvalue weighted by Gasteiger charge is 2.32. The average Bonchev–Trinajstić information content (AvgIpc) is 2.95. The molecule has 1 aliphatic rings. The van der Waals surface area contributed by atoms with E-state index >= 15 is 0 Å². The van der Waals surface area contributed by atoms with E-state index in [4.69, 9.17) is 14.3 Å². The third-order valence-electron chi connectivity index (χ3n) is 3.93. The van der Waals surface area contributed by atoms with Crippen molar-refractivity contribution in [2.45, 2.75) is 30.5 Å². The number of nitrogens with two attached hydrogens (primary N) is 1. The maximum atomic E-state index is 11.2. The van der Waals surface area contributed by atoms with Gasteiger partial charge in [-0.1, -0.05) is 18.2 Å². The van der Waals surface area contributed by atoms with E-state index in [1.54, 1.807) is 0 Å². The quantitative estimate of drug-likeness (QED) is 0.893. The van der Waals surface area contributed by atoms with Crippen molar-refractivity contribution >= 4 is 10.0 Å². The van der Waals surface area contributed by atoms with E-state index in [1.165, 1.54) is 12.3 Å². The number of ether oxygens (including phenoxy) is 1. The molecule has 0 aliphatic carbocycles. The summed E-state index contributed by atoms with van der Waals surface area (Å²) in [6.45, 7) is 3.22. The normalized spacial score (nSPS) is 21.2. The van der Waals surface area contributed by atoms with Crippen molar-refractivity contribution < 1.29 is 17.6 Å². The Morgan fingerprint density at radius 2 is 2.14 bits per heavy atom. The van der Waals surface area contributed by atoms with E-state index in [1.807, 2.05) is 24.3 Å². The van der Waals surface area contributed by atoms with Crippen LogP contribution < -0.4 is 15.2 Å². The summed E-state index contributed by atoms with van der Waals surface area (Å²) in [7, 11) is -3.80. The van der Waals surface area contributed by atoms with Gasteiger partial charge in [0.25, 0.3) is 10.0 Å². The van der Waals surface area contributed by atoms with E-state index < -0.39 is 10.0 Å². The summed E-state index contributed by atoms with van der Waals surface area (Å²) in [6, 6.07) is 9.35. The highest BCUT2D eigenvalue weighted by atomic mass is 32.2. The molecule has 6 nitrogen and oxygen atoms in total. The molecule has 118 valence electrons. The summed E-state index contributed by atoms with van der Waals surface area (Å²) in [4.78, 5) is 0. The van der Waals surface area contributed by atoms with Crippen LogP contribution in [0.25, 0.3) is 0 Å². The van der Waals surface area contributed by atoms with Gasteiger partial charge in [-0.2, -0.15) is 0 Å². The Kier molecular flexibility index (Phi) is 3.72. The summed E-state index contributed by atoms with van der Waals surface area (Å²) in [6.07, 6.45) is 2.23. The first kappa shape index (κ1) is 15.1. The van der Waals surface area contributed by atoms with Gasteiger partial charge in [-0.05, 0) is 13.0 Å². The van der Waals surface area contributed by atoms with Crippen molar-refractivity contribution in [2.75, 3.05) is 6.61 Å². The highest BCUT2D eigenvalue weighted by Crippen LogP contribution is 2.36. The lowest BCUT2D eigenvalue weighted by Crippen LogP contribution is -2.43. The molecule has 2 heterocycles. The van der Waals surface area contributed by atoms with E-state index in [0.29, 0.717) is 13.2 Å². The fourth-order valence-electron chi connectivity index (χ4n) is 2.62. The smallest absolute Gasteiger partial charge is 0.271 e. The van der Waals surface area contributed by atoms with Crippen LogP contribution in [0.4, 0.5) is 0 Å². The molecule has 2 aromatic rings. The van der Waals surface area contributed by atoms with Gasteiger partial charge in [0.15, 0.2) is 0 Å². The van der Waals surface area contributed by atoms with Crippen LogP contribution in [0.2, 0.25) is 0 Å². The maximum Gasteiger partial charge on any atom is 0.271 e. The van der Waals surface area contributed by atoms with Crippen LogP contribution >= 0.6 is 0 Å². The molecule has 0 amide bonds. The van der Waals surface area contributed by atoms with E-state index in [-0.39, 0.29) is 10.6 Å². The third kappa shape index (κ3) is 2.87. The van der Waals surface area contributed by atoms with Gasteiger partial charge in [-0.25, -0.2) is 13.6 Å². The SMILES string of the molecule is CC1(NCc2coc(S(N)(=O)=O)c2)CCOc2ccccc21. The molecule has 1 aromatic heterocycles. The van der Waals surface area contributed by atoms with Crippen LogP contribution in [-0.4, -0.2) is 15.0 Å². The molecule has 0 bridgehead atoms. The molecule has 0 saturated heterocycles. The standard InChI is InChI=1S/C15H18N2O4S/c1-15(6-7-20-13-5-3-2-4-12(13)15)17-9-11-8-14(21-10-11)22(16,18)19/h2-5,8,10,17H,6-7,9H2,1H3,(H2,16,18,19). The van der Waals surface area contributed by atoms with Crippen molar-refractivity contribution in [1.82, 2.24) is 5.32 Å². The molecule has 0 saturated carbocycles. The monoisotopic (exact) mass is 322 g/mol. The summed E-state index contributed by atoms with van der Waals surface area (Å²) in [5.74, 6) is 0.876. The molecular formula is C15H18N2O4S. The molecule has 1 unspecified atom stereocenters. The maximum absolute atomic E-state index is 11.2. The largest absolute Gasteiger partial charge is 0.493 e. The van der Waals surface area contributed by atoms with E-state index in [0.717, 1.165) is 23.3 Å². The molecule has 1 aliphatic heterocycles. The Morgan fingerprint density at radius 3 is 2.86 bits per heavy atom. The zero-order chi connectivity index (χ0) is 15.8. The molecule has 3 rings (SSSR count). The number of primary sulfonamides is 1. The van der Waals surface area contributed by atoms with E-state index in [9.17, 15) is 8.42 Å². The number of rotatable bonds is 4. The molecule has 0 spiro atoms. The number of benzene rings is 1. The van der Waals surface area contributed by atoms with Gasteiger partial charge >= 0.3 is 0 Å². The number of para-hydroxylation sites is 1. The molecule has 0 fully saturated rings. The van der Waals surface area contributed by atoms with Gasteiger partial charge < -0.3 is 14.5 Å². The van der Waals surface area contributed by atoms with Crippen LogP contribution in [0, 0.1) is 0 Å². The Balaban J connectivity index is 1.78. The first-order valence-corrected chi connectivity index (χ1v) is 8.51. The summed E-state index contributed by atoms with van der Waals surface area (Å²) >= 11 is 0. The van der Waals surface area contributed by atoms with Gasteiger partial charge in [0, 0.05) is 35.7 Å². The van der Waals surface area contributed by atoms with E-state index in [2.05, 4.69) is 12.2 Å². The van der Waals surface area contributed by atoms with Crippen molar-refractivity contribution in [3.05, 3.63) is 47.7 Å². The predicted octanol–water partition coefficient (Wildman–Crippen LogP) is 1.71. The zero-order valence-electron chi connectivity index (χ0n) is 12.2. The summed E-state index contributed by atoms with van der Waals surface area (Å²) in [5.41, 5.74) is 1.58.